The maximum atomic E-state index is 12.1. The molecule has 24 heavy (non-hydrogen) atoms. The lowest BCUT2D eigenvalue weighted by molar-refractivity contribution is -0.119. The fraction of sp³-hybridized carbons (Fsp3) is 0.222. The lowest BCUT2D eigenvalue weighted by atomic mass is 10.2. The van der Waals surface area contributed by atoms with Crippen LogP contribution in [0, 0.1) is 0 Å². The summed E-state index contributed by atoms with van der Waals surface area (Å²) in [7, 11) is 1.98. The van der Waals surface area contributed by atoms with Crippen molar-refractivity contribution in [2.45, 2.75) is 18.1 Å². The largest absolute Gasteiger partial charge is 0.348 e. The van der Waals surface area contributed by atoms with E-state index in [-0.39, 0.29) is 11.9 Å². The predicted octanol–water partition coefficient (Wildman–Crippen LogP) is 4.12. The van der Waals surface area contributed by atoms with Gasteiger partial charge in [0, 0.05) is 11.9 Å². The number of carbonyl (C=O) groups is 1. The molecule has 1 aromatic carbocycles. The highest BCUT2D eigenvalue weighted by Crippen LogP contribution is 2.25. The highest BCUT2D eigenvalue weighted by molar-refractivity contribution is 7.99. The van der Waals surface area contributed by atoms with Crippen LogP contribution in [0.15, 0.2) is 59.2 Å². The van der Waals surface area contributed by atoms with Gasteiger partial charge >= 0.3 is 0 Å². The first-order valence-electron chi connectivity index (χ1n) is 7.68. The summed E-state index contributed by atoms with van der Waals surface area (Å²) in [4.78, 5) is 17.8. The lowest BCUT2D eigenvalue weighted by Crippen LogP contribution is -2.27. The highest BCUT2D eigenvalue weighted by Gasteiger charge is 2.13. The summed E-state index contributed by atoms with van der Waals surface area (Å²) in [5.41, 5.74) is 2.17. The maximum absolute atomic E-state index is 12.1. The number of thioether (sulfide) groups is 1. The number of thiophene rings is 1. The molecular formula is C18H19N3OS2. The zero-order chi connectivity index (χ0) is 16.9. The molecule has 2 aromatic heterocycles. The number of amides is 1. The van der Waals surface area contributed by atoms with Crippen LogP contribution in [0.25, 0.3) is 11.3 Å². The van der Waals surface area contributed by atoms with E-state index in [9.17, 15) is 4.79 Å². The Morgan fingerprint density at radius 1 is 1.29 bits per heavy atom. The molecule has 1 atom stereocenters. The number of hydrogen-bond donors (Lipinski definition) is 1. The Balaban J connectivity index is 1.59. The molecule has 0 fully saturated rings. The van der Waals surface area contributed by atoms with Crippen LogP contribution in [0.1, 0.15) is 17.8 Å². The van der Waals surface area contributed by atoms with Crippen LogP contribution >= 0.6 is 23.1 Å². The van der Waals surface area contributed by atoms with E-state index in [1.807, 2.05) is 60.4 Å². The van der Waals surface area contributed by atoms with Crippen molar-refractivity contribution in [3.8, 4) is 11.3 Å². The first kappa shape index (κ1) is 16.8. The number of carbonyl (C=O) groups excluding carboxylic acids is 1. The van der Waals surface area contributed by atoms with E-state index in [1.54, 1.807) is 11.3 Å². The molecule has 4 nitrogen and oxygen atoms in total. The van der Waals surface area contributed by atoms with Crippen molar-refractivity contribution in [3.63, 3.8) is 0 Å². The van der Waals surface area contributed by atoms with E-state index in [0.29, 0.717) is 5.75 Å². The Bertz CT molecular complexity index is 797. The summed E-state index contributed by atoms with van der Waals surface area (Å²) >= 11 is 3.11. The van der Waals surface area contributed by atoms with Crippen molar-refractivity contribution in [3.05, 3.63) is 58.9 Å². The number of benzene rings is 1. The second-order valence-corrected chi connectivity index (χ2v) is 7.37. The first-order chi connectivity index (χ1) is 11.6. The van der Waals surface area contributed by atoms with Crippen LogP contribution < -0.4 is 5.32 Å². The summed E-state index contributed by atoms with van der Waals surface area (Å²) in [6.07, 6.45) is 1.85. The van der Waals surface area contributed by atoms with Crippen molar-refractivity contribution in [1.29, 1.82) is 0 Å². The van der Waals surface area contributed by atoms with Gasteiger partial charge in [0.2, 0.25) is 5.91 Å². The van der Waals surface area contributed by atoms with E-state index in [4.69, 9.17) is 0 Å². The van der Waals surface area contributed by atoms with Crippen molar-refractivity contribution >= 4 is 29.0 Å². The molecule has 6 heteroatoms. The second kappa shape index (κ2) is 7.68. The monoisotopic (exact) mass is 357 g/mol. The first-order valence-corrected chi connectivity index (χ1v) is 9.54. The van der Waals surface area contributed by atoms with Crippen molar-refractivity contribution in [1.82, 2.24) is 14.9 Å². The number of nitrogens with zero attached hydrogens (tertiary/aromatic N) is 2. The van der Waals surface area contributed by atoms with E-state index in [1.165, 1.54) is 11.8 Å². The zero-order valence-corrected chi connectivity index (χ0v) is 15.2. The molecule has 124 valence electrons. The van der Waals surface area contributed by atoms with Crippen molar-refractivity contribution in [2.24, 2.45) is 7.05 Å². The van der Waals surface area contributed by atoms with Gasteiger partial charge in [-0.2, -0.15) is 0 Å². The van der Waals surface area contributed by atoms with Gasteiger partial charge in [-0.15, -0.1) is 11.3 Å². The molecule has 0 spiro atoms. The normalized spacial score (nSPS) is 12.1. The standard InChI is InChI=1S/C18H19N3OS2/c1-13(16-9-6-10-23-16)20-17(22)12-24-18-19-11-15(21(18)2)14-7-4-3-5-8-14/h3-11,13H,12H2,1-2H3,(H,20,22). The van der Waals surface area contributed by atoms with Gasteiger partial charge in [0.25, 0.3) is 0 Å². The number of hydrogen-bond acceptors (Lipinski definition) is 4. The van der Waals surface area contributed by atoms with Gasteiger partial charge in [0.05, 0.1) is 23.7 Å². The van der Waals surface area contributed by atoms with Crippen LogP contribution in [0.3, 0.4) is 0 Å². The lowest BCUT2D eigenvalue weighted by Gasteiger charge is -2.12. The molecule has 0 bridgehead atoms. The van der Waals surface area contributed by atoms with E-state index in [2.05, 4.69) is 22.4 Å². The summed E-state index contributed by atoms with van der Waals surface area (Å²) in [6.45, 7) is 2.00. The molecule has 0 saturated carbocycles. The number of rotatable bonds is 6. The fourth-order valence-electron chi connectivity index (χ4n) is 2.43. The fourth-order valence-corrected chi connectivity index (χ4v) is 3.92. The molecule has 0 aliphatic heterocycles. The third-order valence-corrected chi connectivity index (χ3v) is 5.79. The SMILES string of the molecule is CC(NC(=O)CSc1ncc(-c2ccccc2)n1C)c1cccs1. The number of nitrogens with one attached hydrogen (secondary N) is 1. The Morgan fingerprint density at radius 3 is 2.79 bits per heavy atom. The Hall–Kier alpha value is -2.05. The van der Waals surface area contributed by atoms with E-state index < -0.39 is 0 Å². The molecule has 0 aliphatic rings. The number of aromatic nitrogens is 2. The average molecular weight is 358 g/mol. The summed E-state index contributed by atoms with van der Waals surface area (Å²) < 4.78 is 2.02. The molecule has 1 N–H and O–H groups in total. The molecule has 0 saturated heterocycles. The topological polar surface area (TPSA) is 46.9 Å². The van der Waals surface area contributed by atoms with Gasteiger partial charge in [0.1, 0.15) is 0 Å². The van der Waals surface area contributed by atoms with Crippen molar-refractivity contribution < 1.29 is 4.79 Å². The van der Waals surface area contributed by atoms with E-state index in [0.717, 1.165) is 21.3 Å². The summed E-state index contributed by atoms with van der Waals surface area (Å²) in [5.74, 6) is 0.375. The van der Waals surface area contributed by atoms with Gasteiger partial charge < -0.3 is 9.88 Å². The summed E-state index contributed by atoms with van der Waals surface area (Å²) in [5, 5.41) is 5.88. The van der Waals surface area contributed by atoms with Crippen LogP contribution in [0.4, 0.5) is 0 Å². The maximum Gasteiger partial charge on any atom is 0.230 e. The van der Waals surface area contributed by atoms with Crippen molar-refractivity contribution in [2.75, 3.05) is 5.75 Å². The van der Waals surface area contributed by atoms with Crippen LogP contribution in [-0.4, -0.2) is 21.2 Å². The third-order valence-electron chi connectivity index (χ3n) is 3.69. The van der Waals surface area contributed by atoms with Gasteiger partial charge in [-0.3, -0.25) is 4.79 Å². The molecule has 1 amide bonds. The van der Waals surface area contributed by atoms with Gasteiger partial charge in [-0.1, -0.05) is 48.2 Å². The number of imidazole rings is 1. The minimum absolute atomic E-state index is 0.0187. The van der Waals surface area contributed by atoms with Gasteiger partial charge in [-0.25, -0.2) is 4.98 Å². The van der Waals surface area contributed by atoms with Crippen LogP contribution in [0.2, 0.25) is 0 Å². The molecule has 1 unspecified atom stereocenters. The molecule has 0 radical (unpaired) electrons. The quantitative estimate of drug-likeness (QED) is 0.675. The average Bonchev–Trinajstić information content (AvgIpc) is 3.24. The predicted molar refractivity (Wildman–Crippen MR) is 100 cm³/mol. The third kappa shape index (κ3) is 3.88. The summed E-state index contributed by atoms with van der Waals surface area (Å²) in [6, 6.07) is 14.2. The van der Waals surface area contributed by atoms with E-state index >= 15 is 0 Å². The smallest absolute Gasteiger partial charge is 0.230 e. The van der Waals surface area contributed by atoms with Crippen LogP contribution in [-0.2, 0) is 11.8 Å². The minimum atomic E-state index is 0.0187. The molecule has 3 aromatic rings. The highest BCUT2D eigenvalue weighted by atomic mass is 32.2. The Morgan fingerprint density at radius 2 is 2.08 bits per heavy atom. The molecule has 2 heterocycles. The minimum Gasteiger partial charge on any atom is -0.348 e. The van der Waals surface area contributed by atoms with Gasteiger partial charge in [0.15, 0.2) is 5.16 Å². The zero-order valence-electron chi connectivity index (χ0n) is 13.6. The molecular weight excluding hydrogens is 338 g/mol. The molecule has 3 rings (SSSR count). The van der Waals surface area contributed by atoms with Gasteiger partial charge in [-0.05, 0) is 23.9 Å². The Kier molecular flexibility index (Phi) is 5.37. The molecule has 0 aliphatic carbocycles. The van der Waals surface area contributed by atoms with Crippen LogP contribution in [0.5, 0.6) is 0 Å². The Labute approximate surface area is 149 Å². The second-order valence-electron chi connectivity index (χ2n) is 5.44.